The Morgan fingerprint density at radius 2 is 1.92 bits per heavy atom. The number of hydrogen-bond acceptors (Lipinski definition) is 4. The first kappa shape index (κ1) is 17.8. The Morgan fingerprint density at radius 1 is 1.12 bits per heavy atom. The van der Waals surface area contributed by atoms with Gasteiger partial charge in [0.1, 0.15) is 5.75 Å². The van der Waals surface area contributed by atoms with Crippen molar-refractivity contribution < 1.29 is 14.3 Å². The van der Waals surface area contributed by atoms with Gasteiger partial charge in [-0.2, -0.15) is 0 Å². The number of pyridine rings is 1. The van der Waals surface area contributed by atoms with Gasteiger partial charge in [0.05, 0.1) is 13.2 Å². The molecule has 1 aromatic heterocycles. The van der Waals surface area contributed by atoms with Crippen LogP contribution >= 0.6 is 0 Å². The fourth-order valence-electron chi connectivity index (χ4n) is 2.13. The number of aryl methyl sites for hydroxylation is 1. The van der Waals surface area contributed by atoms with Crippen LogP contribution in [0.5, 0.6) is 11.6 Å². The summed E-state index contributed by atoms with van der Waals surface area (Å²) in [5.41, 5.74) is 1.78. The quantitative estimate of drug-likeness (QED) is 0.717. The molecule has 0 bridgehead atoms. The van der Waals surface area contributed by atoms with Crippen molar-refractivity contribution in [3.05, 3.63) is 53.7 Å². The summed E-state index contributed by atoms with van der Waals surface area (Å²) in [6, 6.07) is 11.3. The first-order valence-corrected chi connectivity index (χ1v) is 8.25. The molecule has 0 fully saturated rings. The van der Waals surface area contributed by atoms with E-state index in [2.05, 4.69) is 10.3 Å². The van der Waals surface area contributed by atoms with E-state index in [4.69, 9.17) is 9.47 Å². The fraction of sp³-hybridized carbons (Fsp3) is 0.368. The van der Waals surface area contributed by atoms with E-state index in [1.807, 2.05) is 38.1 Å². The lowest BCUT2D eigenvalue weighted by Gasteiger charge is -2.08. The molecule has 1 aromatic carbocycles. The van der Waals surface area contributed by atoms with E-state index in [0.717, 1.165) is 18.6 Å². The minimum absolute atomic E-state index is 0.113. The Balaban J connectivity index is 1.64. The van der Waals surface area contributed by atoms with Crippen molar-refractivity contribution in [3.8, 4) is 11.6 Å². The van der Waals surface area contributed by atoms with Crippen molar-refractivity contribution >= 4 is 5.91 Å². The Bertz CT molecular complexity index is 641. The fourth-order valence-corrected chi connectivity index (χ4v) is 2.13. The van der Waals surface area contributed by atoms with Gasteiger partial charge in [0.15, 0.2) is 0 Å². The number of rotatable bonds is 9. The number of ether oxygens (including phenoxy) is 2. The molecule has 5 nitrogen and oxygen atoms in total. The number of benzene rings is 1. The molecule has 0 radical (unpaired) electrons. The Labute approximate surface area is 143 Å². The average Bonchev–Trinajstić information content (AvgIpc) is 2.60. The van der Waals surface area contributed by atoms with Crippen LogP contribution in [0.2, 0.25) is 0 Å². The summed E-state index contributed by atoms with van der Waals surface area (Å²) in [6.45, 7) is 5.71. The Hall–Kier alpha value is -2.56. The van der Waals surface area contributed by atoms with Crippen LogP contribution in [0.15, 0.2) is 42.6 Å². The topological polar surface area (TPSA) is 60.5 Å². The normalized spacial score (nSPS) is 10.2. The third kappa shape index (κ3) is 5.91. The zero-order valence-electron chi connectivity index (χ0n) is 14.2. The van der Waals surface area contributed by atoms with Crippen LogP contribution in [-0.2, 0) is 0 Å². The summed E-state index contributed by atoms with van der Waals surface area (Å²) in [6.07, 6.45) is 3.32. The van der Waals surface area contributed by atoms with Crippen LogP contribution in [-0.4, -0.2) is 30.6 Å². The lowest BCUT2D eigenvalue weighted by Crippen LogP contribution is -2.24. The van der Waals surface area contributed by atoms with Gasteiger partial charge >= 0.3 is 0 Å². The number of aromatic nitrogens is 1. The summed E-state index contributed by atoms with van der Waals surface area (Å²) in [5, 5.41) is 2.90. The van der Waals surface area contributed by atoms with Crippen LogP contribution in [0.1, 0.15) is 35.7 Å². The van der Waals surface area contributed by atoms with E-state index >= 15 is 0 Å². The van der Waals surface area contributed by atoms with Gasteiger partial charge in [-0.3, -0.25) is 4.79 Å². The Kier molecular flexibility index (Phi) is 7.08. The van der Waals surface area contributed by atoms with Crippen LogP contribution in [0, 0.1) is 6.92 Å². The number of hydrogen-bond donors (Lipinski definition) is 1. The van der Waals surface area contributed by atoms with Crippen molar-refractivity contribution in [2.75, 3.05) is 19.8 Å². The van der Waals surface area contributed by atoms with Gasteiger partial charge in [0, 0.05) is 24.4 Å². The second-order valence-corrected chi connectivity index (χ2v) is 5.44. The lowest BCUT2D eigenvalue weighted by molar-refractivity contribution is 0.0951. The first-order chi connectivity index (χ1) is 11.7. The molecular formula is C19H24N2O3. The van der Waals surface area contributed by atoms with E-state index in [1.165, 1.54) is 5.56 Å². The number of amides is 1. The SMILES string of the molecule is CCOc1cc(C(=O)NCCCCOc2ccc(C)cc2)ccn1. The molecule has 5 heteroatoms. The maximum atomic E-state index is 12.1. The van der Waals surface area contributed by atoms with E-state index in [9.17, 15) is 4.79 Å². The number of nitrogens with zero attached hydrogens (tertiary/aromatic N) is 1. The summed E-state index contributed by atoms with van der Waals surface area (Å²) < 4.78 is 11.0. The third-order valence-electron chi connectivity index (χ3n) is 3.44. The molecule has 0 atom stereocenters. The van der Waals surface area contributed by atoms with Gasteiger partial charge in [0.2, 0.25) is 5.88 Å². The van der Waals surface area contributed by atoms with Crippen molar-refractivity contribution in [3.63, 3.8) is 0 Å². The predicted octanol–water partition coefficient (Wildman–Crippen LogP) is 3.38. The molecule has 2 aromatic rings. The van der Waals surface area contributed by atoms with Crippen LogP contribution in [0.3, 0.4) is 0 Å². The second kappa shape index (κ2) is 9.55. The minimum Gasteiger partial charge on any atom is -0.494 e. The summed E-state index contributed by atoms with van der Waals surface area (Å²) >= 11 is 0. The molecule has 24 heavy (non-hydrogen) atoms. The molecule has 1 heterocycles. The third-order valence-corrected chi connectivity index (χ3v) is 3.44. The van der Waals surface area contributed by atoms with Crippen molar-refractivity contribution in [1.29, 1.82) is 0 Å². The van der Waals surface area contributed by atoms with Gasteiger partial charge in [-0.15, -0.1) is 0 Å². The minimum atomic E-state index is -0.113. The lowest BCUT2D eigenvalue weighted by atomic mass is 10.2. The first-order valence-electron chi connectivity index (χ1n) is 8.25. The van der Waals surface area contributed by atoms with E-state index in [0.29, 0.717) is 31.2 Å². The molecule has 0 aliphatic carbocycles. The highest BCUT2D eigenvalue weighted by molar-refractivity contribution is 5.94. The van der Waals surface area contributed by atoms with E-state index < -0.39 is 0 Å². The molecule has 0 spiro atoms. The second-order valence-electron chi connectivity index (χ2n) is 5.44. The largest absolute Gasteiger partial charge is 0.494 e. The van der Waals surface area contributed by atoms with E-state index in [1.54, 1.807) is 18.3 Å². The maximum Gasteiger partial charge on any atom is 0.251 e. The number of unbranched alkanes of at least 4 members (excludes halogenated alkanes) is 1. The molecule has 128 valence electrons. The van der Waals surface area contributed by atoms with Crippen LogP contribution in [0.25, 0.3) is 0 Å². The predicted molar refractivity (Wildman–Crippen MR) is 93.6 cm³/mol. The summed E-state index contributed by atoms with van der Waals surface area (Å²) in [5.74, 6) is 1.24. The molecule has 0 saturated carbocycles. The summed E-state index contributed by atoms with van der Waals surface area (Å²) in [7, 11) is 0. The average molecular weight is 328 g/mol. The van der Waals surface area contributed by atoms with Gasteiger partial charge in [-0.1, -0.05) is 17.7 Å². The zero-order chi connectivity index (χ0) is 17.2. The highest BCUT2D eigenvalue weighted by Gasteiger charge is 2.06. The Morgan fingerprint density at radius 3 is 2.67 bits per heavy atom. The number of carbonyl (C=O) groups excluding carboxylic acids is 1. The highest BCUT2D eigenvalue weighted by Crippen LogP contribution is 2.12. The molecule has 1 amide bonds. The standard InChI is InChI=1S/C19H24N2O3/c1-3-23-18-14-16(10-12-20-18)19(22)21-11-4-5-13-24-17-8-6-15(2)7-9-17/h6-10,12,14H,3-5,11,13H2,1-2H3,(H,21,22). The molecule has 0 aliphatic rings. The monoisotopic (exact) mass is 328 g/mol. The molecule has 0 saturated heterocycles. The van der Waals surface area contributed by atoms with Gasteiger partial charge in [-0.05, 0) is 44.9 Å². The van der Waals surface area contributed by atoms with Crippen molar-refractivity contribution in [2.45, 2.75) is 26.7 Å². The molecule has 0 aliphatic heterocycles. The van der Waals surface area contributed by atoms with Crippen LogP contribution in [0.4, 0.5) is 0 Å². The van der Waals surface area contributed by atoms with Crippen molar-refractivity contribution in [1.82, 2.24) is 10.3 Å². The zero-order valence-corrected chi connectivity index (χ0v) is 14.2. The number of carbonyl (C=O) groups is 1. The smallest absolute Gasteiger partial charge is 0.251 e. The van der Waals surface area contributed by atoms with Crippen LogP contribution < -0.4 is 14.8 Å². The number of nitrogens with one attached hydrogen (secondary N) is 1. The maximum absolute atomic E-state index is 12.1. The highest BCUT2D eigenvalue weighted by atomic mass is 16.5. The van der Waals surface area contributed by atoms with Gasteiger partial charge in [0.25, 0.3) is 5.91 Å². The molecule has 0 unspecified atom stereocenters. The van der Waals surface area contributed by atoms with E-state index in [-0.39, 0.29) is 5.91 Å². The molecule has 1 N–H and O–H groups in total. The summed E-state index contributed by atoms with van der Waals surface area (Å²) in [4.78, 5) is 16.1. The molecule has 2 rings (SSSR count). The van der Waals surface area contributed by atoms with Gasteiger partial charge in [-0.25, -0.2) is 4.98 Å². The molecular weight excluding hydrogens is 304 g/mol. The van der Waals surface area contributed by atoms with Crippen molar-refractivity contribution in [2.24, 2.45) is 0 Å². The van der Waals surface area contributed by atoms with Gasteiger partial charge < -0.3 is 14.8 Å².